The number of fused-ring (bicyclic) bond motifs is 2. The molecule has 2 nitrogen and oxygen atoms in total. The number of ether oxygens (including phenoxy) is 2. The fourth-order valence-corrected chi connectivity index (χ4v) is 4.78. The van der Waals surface area contributed by atoms with Gasteiger partial charge < -0.3 is 9.47 Å². The quantitative estimate of drug-likeness (QED) is 0.337. The number of rotatable bonds is 8. The van der Waals surface area contributed by atoms with Crippen LogP contribution >= 0.6 is 0 Å². The van der Waals surface area contributed by atoms with Crippen LogP contribution in [-0.4, -0.2) is 19.4 Å². The van der Waals surface area contributed by atoms with Crippen LogP contribution in [0.5, 0.6) is 11.5 Å². The molecule has 0 bridgehead atoms. The summed E-state index contributed by atoms with van der Waals surface area (Å²) >= 11 is 0. The SMILES string of the molecule is CCCc1cc2c(c(F)c1F)Oc1c(ccc(CCC3CCC(CCCF)OC3)c1F)C2. The Morgan fingerprint density at radius 2 is 1.72 bits per heavy atom. The molecule has 0 spiro atoms. The summed E-state index contributed by atoms with van der Waals surface area (Å²) in [4.78, 5) is 0. The first kappa shape index (κ1) is 23.1. The number of alkyl halides is 1. The Morgan fingerprint density at radius 3 is 2.44 bits per heavy atom. The first-order valence-electron chi connectivity index (χ1n) is 11.7. The maximum absolute atomic E-state index is 15.2. The van der Waals surface area contributed by atoms with Gasteiger partial charge in [0.2, 0.25) is 5.82 Å². The number of hydrogen-bond acceptors (Lipinski definition) is 2. The molecule has 0 amide bonds. The van der Waals surface area contributed by atoms with Gasteiger partial charge in [0, 0.05) is 24.2 Å². The predicted molar refractivity (Wildman–Crippen MR) is 116 cm³/mol. The fraction of sp³-hybridized carbons (Fsp3) is 0.538. The zero-order chi connectivity index (χ0) is 22.7. The summed E-state index contributed by atoms with van der Waals surface area (Å²) in [6, 6.07) is 5.22. The Balaban J connectivity index is 1.43. The highest BCUT2D eigenvalue weighted by molar-refractivity contribution is 5.53. The van der Waals surface area contributed by atoms with Crippen molar-refractivity contribution in [1.29, 1.82) is 0 Å². The van der Waals surface area contributed by atoms with Crippen molar-refractivity contribution in [3.63, 3.8) is 0 Å². The lowest BCUT2D eigenvalue weighted by atomic mass is 9.90. The van der Waals surface area contributed by atoms with Gasteiger partial charge in [-0.1, -0.05) is 25.5 Å². The van der Waals surface area contributed by atoms with Crippen molar-refractivity contribution in [2.45, 2.75) is 70.8 Å². The molecular weight excluding hydrogens is 420 g/mol. The summed E-state index contributed by atoms with van der Waals surface area (Å²) in [5.74, 6) is -2.31. The molecule has 1 fully saturated rings. The Labute approximate surface area is 186 Å². The van der Waals surface area contributed by atoms with Crippen molar-refractivity contribution >= 4 is 0 Å². The molecule has 2 aromatic carbocycles. The minimum absolute atomic E-state index is 0.00252. The summed E-state index contributed by atoms with van der Waals surface area (Å²) in [6.07, 6.45) is 6.04. The Kier molecular flexibility index (Phi) is 7.39. The number of aryl methyl sites for hydroxylation is 2. The molecule has 0 saturated carbocycles. The van der Waals surface area contributed by atoms with Gasteiger partial charge in [-0.2, -0.15) is 4.39 Å². The van der Waals surface area contributed by atoms with Crippen LogP contribution < -0.4 is 4.74 Å². The van der Waals surface area contributed by atoms with Gasteiger partial charge in [-0.3, -0.25) is 4.39 Å². The van der Waals surface area contributed by atoms with Gasteiger partial charge in [0.15, 0.2) is 23.1 Å². The summed E-state index contributed by atoms with van der Waals surface area (Å²) in [5, 5.41) is 0. The highest BCUT2D eigenvalue weighted by atomic mass is 19.2. The first-order chi connectivity index (χ1) is 15.5. The van der Waals surface area contributed by atoms with Gasteiger partial charge in [0.25, 0.3) is 0 Å². The third kappa shape index (κ3) is 4.80. The third-order valence-electron chi connectivity index (χ3n) is 6.62. The second-order valence-corrected chi connectivity index (χ2v) is 8.98. The lowest BCUT2D eigenvalue weighted by molar-refractivity contribution is -0.0231. The van der Waals surface area contributed by atoms with Gasteiger partial charge in [-0.15, -0.1) is 0 Å². The monoisotopic (exact) mass is 450 g/mol. The zero-order valence-electron chi connectivity index (χ0n) is 18.5. The van der Waals surface area contributed by atoms with E-state index >= 15 is 4.39 Å². The fourth-order valence-electron chi connectivity index (χ4n) is 4.78. The zero-order valence-corrected chi connectivity index (χ0v) is 18.5. The minimum atomic E-state index is -1.04. The molecule has 2 aromatic rings. The Morgan fingerprint density at radius 1 is 0.906 bits per heavy atom. The number of hydrogen-bond donors (Lipinski definition) is 0. The van der Waals surface area contributed by atoms with Crippen molar-refractivity contribution in [3.05, 3.63) is 57.9 Å². The average molecular weight is 451 g/mol. The molecule has 1 saturated heterocycles. The van der Waals surface area contributed by atoms with Gasteiger partial charge >= 0.3 is 0 Å². The Hall–Kier alpha value is -2.08. The average Bonchev–Trinajstić information content (AvgIpc) is 2.81. The molecule has 2 unspecified atom stereocenters. The second-order valence-electron chi connectivity index (χ2n) is 8.98. The molecule has 4 rings (SSSR count). The molecule has 2 heterocycles. The van der Waals surface area contributed by atoms with E-state index in [0.29, 0.717) is 66.9 Å². The van der Waals surface area contributed by atoms with E-state index in [1.54, 1.807) is 12.1 Å². The number of benzene rings is 2. The van der Waals surface area contributed by atoms with Gasteiger partial charge in [-0.05, 0) is 68.1 Å². The van der Waals surface area contributed by atoms with Crippen LogP contribution in [0.4, 0.5) is 17.6 Å². The van der Waals surface area contributed by atoms with Crippen LogP contribution in [0, 0.1) is 23.4 Å². The van der Waals surface area contributed by atoms with Crippen LogP contribution in [-0.2, 0) is 24.0 Å². The molecular formula is C26H30F4O2. The topological polar surface area (TPSA) is 18.5 Å². The molecule has 32 heavy (non-hydrogen) atoms. The second kappa shape index (κ2) is 10.2. The van der Waals surface area contributed by atoms with Crippen LogP contribution in [0.2, 0.25) is 0 Å². The van der Waals surface area contributed by atoms with Crippen molar-refractivity contribution in [2.24, 2.45) is 5.92 Å². The number of halogens is 4. The van der Waals surface area contributed by atoms with Crippen LogP contribution in [0.1, 0.15) is 67.7 Å². The van der Waals surface area contributed by atoms with Crippen molar-refractivity contribution in [1.82, 2.24) is 0 Å². The van der Waals surface area contributed by atoms with Crippen molar-refractivity contribution in [3.8, 4) is 11.5 Å². The van der Waals surface area contributed by atoms with Crippen LogP contribution in [0.15, 0.2) is 18.2 Å². The summed E-state index contributed by atoms with van der Waals surface area (Å²) < 4.78 is 68.0. The van der Waals surface area contributed by atoms with Crippen LogP contribution in [0.25, 0.3) is 0 Å². The first-order valence-corrected chi connectivity index (χ1v) is 11.7. The highest BCUT2D eigenvalue weighted by Gasteiger charge is 2.28. The highest BCUT2D eigenvalue weighted by Crippen LogP contribution is 2.42. The molecule has 6 heteroatoms. The molecule has 0 aromatic heterocycles. The van der Waals surface area contributed by atoms with Crippen molar-refractivity contribution < 1.29 is 27.0 Å². The lowest BCUT2D eigenvalue weighted by Crippen LogP contribution is -2.26. The Bertz CT molecular complexity index is 952. The van der Waals surface area contributed by atoms with Gasteiger partial charge in [0.05, 0.1) is 12.8 Å². The molecule has 2 aliphatic heterocycles. The van der Waals surface area contributed by atoms with E-state index in [-0.39, 0.29) is 24.3 Å². The van der Waals surface area contributed by atoms with Gasteiger partial charge in [0.1, 0.15) is 0 Å². The maximum Gasteiger partial charge on any atom is 0.201 e. The van der Waals surface area contributed by atoms with E-state index in [1.165, 1.54) is 0 Å². The standard InChI is InChI=1S/C26H30F4O2/c1-2-4-18-13-20-14-19-10-9-17(23(29)25(19)32-26(20)24(30)22(18)28)8-6-16-7-11-21(31-15-16)5-3-12-27/h9-10,13,16,21H,2-8,11-12,14-15H2,1H3. The smallest absolute Gasteiger partial charge is 0.201 e. The molecule has 2 atom stereocenters. The molecule has 0 radical (unpaired) electrons. The molecule has 0 N–H and O–H groups in total. The molecule has 0 aliphatic carbocycles. The summed E-state index contributed by atoms with van der Waals surface area (Å²) in [5.41, 5.74) is 2.03. The summed E-state index contributed by atoms with van der Waals surface area (Å²) in [6.45, 7) is 2.20. The minimum Gasteiger partial charge on any atom is -0.450 e. The lowest BCUT2D eigenvalue weighted by Gasteiger charge is -2.29. The summed E-state index contributed by atoms with van der Waals surface area (Å²) in [7, 11) is 0. The van der Waals surface area contributed by atoms with Gasteiger partial charge in [-0.25, -0.2) is 8.78 Å². The molecule has 174 valence electrons. The van der Waals surface area contributed by atoms with E-state index in [2.05, 4.69) is 0 Å². The van der Waals surface area contributed by atoms with E-state index in [4.69, 9.17) is 9.47 Å². The van der Waals surface area contributed by atoms with E-state index in [1.807, 2.05) is 13.0 Å². The maximum atomic E-state index is 15.2. The normalized spacial score (nSPS) is 19.9. The van der Waals surface area contributed by atoms with E-state index in [0.717, 1.165) is 25.7 Å². The largest absolute Gasteiger partial charge is 0.450 e. The predicted octanol–water partition coefficient (Wildman–Crippen LogP) is 7.23. The van der Waals surface area contributed by atoms with E-state index in [9.17, 15) is 13.2 Å². The third-order valence-corrected chi connectivity index (χ3v) is 6.62. The molecule has 2 aliphatic rings. The van der Waals surface area contributed by atoms with Crippen molar-refractivity contribution in [2.75, 3.05) is 13.3 Å². The van der Waals surface area contributed by atoms with Crippen LogP contribution in [0.3, 0.4) is 0 Å². The van der Waals surface area contributed by atoms with E-state index < -0.39 is 17.5 Å².